The molecule has 24 heavy (non-hydrogen) atoms. The molecule has 0 aliphatic carbocycles. The smallest absolute Gasteiger partial charge is 0.257 e. The molecule has 1 atom stereocenters. The Hall–Kier alpha value is -2.48. The average molecular weight is 343 g/mol. The quantitative estimate of drug-likeness (QED) is 0.730. The molecule has 3 aromatic rings. The number of hydrogen-bond donors (Lipinski definition) is 0. The zero-order valence-corrected chi connectivity index (χ0v) is 14.1. The van der Waals surface area contributed by atoms with Crippen molar-refractivity contribution in [1.29, 1.82) is 0 Å². The number of carbonyl (C=O) groups is 1. The van der Waals surface area contributed by atoms with E-state index in [1.807, 2.05) is 22.4 Å². The van der Waals surface area contributed by atoms with Gasteiger partial charge in [-0.05, 0) is 24.3 Å². The second kappa shape index (κ2) is 6.20. The molecule has 1 saturated heterocycles. The normalized spacial score (nSPS) is 18.0. The van der Waals surface area contributed by atoms with Gasteiger partial charge in [-0.2, -0.15) is 5.10 Å². The lowest BCUT2D eigenvalue weighted by Gasteiger charge is -2.30. The van der Waals surface area contributed by atoms with Gasteiger partial charge >= 0.3 is 0 Å². The lowest BCUT2D eigenvalue weighted by atomic mass is 9.97. The van der Waals surface area contributed by atoms with Crippen LogP contribution in [0.15, 0.2) is 34.3 Å². The molecule has 8 heteroatoms. The van der Waals surface area contributed by atoms with Crippen LogP contribution in [0.2, 0.25) is 0 Å². The van der Waals surface area contributed by atoms with Crippen LogP contribution in [0, 0.1) is 0 Å². The van der Waals surface area contributed by atoms with Gasteiger partial charge in [-0.3, -0.25) is 9.48 Å². The molecule has 1 amide bonds. The van der Waals surface area contributed by atoms with Gasteiger partial charge in [0.1, 0.15) is 0 Å². The van der Waals surface area contributed by atoms with E-state index >= 15 is 0 Å². The third-order valence-corrected chi connectivity index (χ3v) is 5.04. The van der Waals surface area contributed by atoms with Gasteiger partial charge in [0.25, 0.3) is 11.8 Å². The predicted molar refractivity (Wildman–Crippen MR) is 88.7 cm³/mol. The number of amides is 1. The number of rotatable bonds is 3. The second-order valence-electron chi connectivity index (χ2n) is 5.92. The van der Waals surface area contributed by atoms with Crippen LogP contribution in [0.5, 0.6) is 0 Å². The molecule has 0 bridgehead atoms. The lowest BCUT2D eigenvalue weighted by molar-refractivity contribution is 0.0698. The summed E-state index contributed by atoms with van der Waals surface area (Å²) in [7, 11) is 1.81. The van der Waals surface area contributed by atoms with Crippen molar-refractivity contribution in [2.45, 2.75) is 18.8 Å². The van der Waals surface area contributed by atoms with Crippen LogP contribution in [0.25, 0.3) is 10.8 Å². The Morgan fingerprint density at radius 3 is 3.08 bits per heavy atom. The molecule has 0 spiro atoms. The molecule has 3 aromatic heterocycles. The molecule has 1 aliphatic rings. The molecule has 1 aliphatic heterocycles. The Bertz CT molecular complexity index is 838. The van der Waals surface area contributed by atoms with E-state index in [2.05, 4.69) is 15.3 Å². The van der Waals surface area contributed by atoms with Crippen LogP contribution in [0.3, 0.4) is 0 Å². The highest BCUT2D eigenvalue weighted by molar-refractivity contribution is 7.13. The number of carbonyl (C=O) groups excluding carboxylic acids is 1. The van der Waals surface area contributed by atoms with E-state index < -0.39 is 0 Å². The molecule has 0 radical (unpaired) electrons. The van der Waals surface area contributed by atoms with E-state index in [9.17, 15) is 4.79 Å². The van der Waals surface area contributed by atoms with Crippen molar-refractivity contribution in [2.75, 3.05) is 13.1 Å². The highest BCUT2D eigenvalue weighted by atomic mass is 32.1. The number of piperidine rings is 1. The molecule has 1 fully saturated rings. The van der Waals surface area contributed by atoms with Crippen LogP contribution >= 0.6 is 11.3 Å². The minimum absolute atomic E-state index is 0.00537. The van der Waals surface area contributed by atoms with Gasteiger partial charge in [0.2, 0.25) is 5.89 Å². The highest BCUT2D eigenvalue weighted by Crippen LogP contribution is 2.30. The molecule has 4 rings (SSSR count). The summed E-state index contributed by atoms with van der Waals surface area (Å²) in [6.45, 7) is 1.34. The number of aryl methyl sites for hydroxylation is 1. The minimum Gasteiger partial charge on any atom is -0.420 e. The first-order valence-corrected chi connectivity index (χ1v) is 8.74. The Morgan fingerprint density at radius 2 is 2.33 bits per heavy atom. The molecule has 7 nitrogen and oxygen atoms in total. The molecular formula is C16H17N5O2S. The third-order valence-electron chi connectivity index (χ3n) is 4.18. The van der Waals surface area contributed by atoms with Crippen molar-refractivity contribution in [3.05, 3.63) is 41.4 Å². The fraction of sp³-hybridized carbons (Fsp3) is 0.375. The van der Waals surface area contributed by atoms with Crippen LogP contribution in [-0.4, -0.2) is 43.9 Å². The van der Waals surface area contributed by atoms with Crippen LogP contribution in [-0.2, 0) is 7.05 Å². The van der Waals surface area contributed by atoms with E-state index in [0.29, 0.717) is 23.9 Å². The van der Waals surface area contributed by atoms with Crippen molar-refractivity contribution in [3.8, 4) is 10.8 Å². The van der Waals surface area contributed by atoms with Gasteiger partial charge in [0, 0.05) is 26.3 Å². The Morgan fingerprint density at radius 1 is 1.42 bits per heavy atom. The number of thiophene rings is 1. The highest BCUT2D eigenvalue weighted by Gasteiger charge is 2.29. The van der Waals surface area contributed by atoms with Crippen molar-refractivity contribution < 1.29 is 9.21 Å². The maximum atomic E-state index is 12.6. The van der Waals surface area contributed by atoms with E-state index in [0.717, 1.165) is 24.3 Å². The molecule has 0 N–H and O–H groups in total. The van der Waals surface area contributed by atoms with Crippen LogP contribution < -0.4 is 0 Å². The van der Waals surface area contributed by atoms with Crippen molar-refractivity contribution in [1.82, 2.24) is 24.9 Å². The predicted octanol–water partition coefficient (Wildman–Crippen LogP) is 2.55. The van der Waals surface area contributed by atoms with Crippen LogP contribution in [0.4, 0.5) is 0 Å². The Labute approximate surface area is 142 Å². The van der Waals surface area contributed by atoms with Crippen molar-refractivity contribution in [2.24, 2.45) is 7.05 Å². The third kappa shape index (κ3) is 2.84. The van der Waals surface area contributed by atoms with Crippen molar-refractivity contribution in [3.63, 3.8) is 0 Å². The summed E-state index contributed by atoms with van der Waals surface area (Å²) in [6, 6.07) is 3.92. The second-order valence-corrected chi connectivity index (χ2v) is 6.86. The molecule has 0 unspecified atom stereocenters. The van der Waals surface area contributed by atoms with Crippen LogP contribution in [0.1, 0.15) is 35.0 Å². The van der Waals surface area contributed by atoms with Gasteiger partial charge in [0.05, 0.1) is 22.6 Å². The fourth-order valence-corrected chi connectivity index (χ4v) is 3.62. The number of likely N-dealkylation sites (tertiary alicyclic amines) is 1. The molecule has 0 aromatic carbocycles. The topological polar surface area (TPSA) is 77.0 Å². The zero-order valence-electron chi connectivity index (χ0n) is 13.3. The monoisotopic (exact) mass is 343 g/mol. The number of nitrogens with zero attached hydrogens (tertiary/aromatic N) is 5. The summed E-state index contributed by atoms with van der Waals surface area (Å²) in [5.41, 5.74) is 0.614. The van der Waals surface area contributed by atoms with Gasteiger partial charge in [-0.15, -0.1) is 21.5 Å². The van der Waals surface area contributed by atoms with E-state index in [1.54, 1.807) is 35.5 Å². The summed E-state index contributed by atoms with van der Waals surface area (Å²) in [4.78, 5) is 15.4. The van der Waals surface area contributed by atoms with E-state index in [4.69, 9.17) is 4.42 Å². The lowest BCUT2D eigenvalue weighted by Crippen LogP contribution is -2.39. The maximum absolute atomic E-state index is 12.6. The van der Waals surface area contributed by atoms with Crippen molar-refractivity contribution >= 4 is 17.2 Å². The van der Waals surface area contributed by atoms with Gasteiger partial charge in [0.15, 0.2) is 0 Å². The minimum atomic E-state index is 0.00537. The fourth-order valence-electron chi connectivity index (χ4n) is 2.98. The summed E-state index contributed by atoms with van der Waals surface area (Å²) in [5.74, 6) is 1.25. The van der Waals surface area contributed by atoms with E-state index in [1.165, 1.54) is 0 Å². The number of hydrogen-bond acceptors (Lipinski definition) is 6. The molecule has 4 heterocycles. The largest absolute Gasteiger partial charge is 0.420 e. The van der Waals surface area contributed by atoms with Gasteiger partial charge in [-0.1, -0.05) is 6.07 Å². The Kier molecular flexibility index (Phi) is 3.89. The van der Waals surface area contributed by atoms with E-state index in [-0.39, 0.29) is 11.8 Å². The summed E-state index contributed by atoms with van der Waals surface area (Å²) >= 11 is 1.57. The maximum Gasteiger partial charge on any atom is 0.257 e. The molecule has 124 valence electrons. The first kappa shape index (κ1) is 15.1. The SMILES string of the molecule is Cn1cc(C(=O)N2CCC[C@H](c3nnc(-c4cccs4)o3)C2)cn1. The van der Waals surface area contributed by atoms with Gasteiger partial charge < -0.3 is 9.32 Å². The molecular weight excluding hydrogens is 326 g/mol. The average Bonchev–Trinajstić information content (AvgIpc) is 3.35. The molecule has 0 saturated carbocycles. The summed E-state index contributed by atoms with van der Waals surface area (Å²) < 4.78 is 7.48. The zero-order chi connectivity index (χ0) is 16.5. The Balaban J connectivity index is 1.50. The summed E-state index contributed by atoms with van der Waals surface area (Å²) in [6.07, 6.45) is 5.22. The first-order chi connectivity index (χ1) is 11.7. The first-order valence-electron chi connectivity index (χ1n) is 7.86. The standard InChI is InChI=1S/C16H17N5O2S/c1-20-9-12(8-17-20)16(22)21-6-2-4-11(10-21)14-18-19-15(23-14)13-5-3-7-24-13/h3,5,7-9,11H,2,4,6,10H2,1H3/t11-/m0/s1. The summed E-state index contributed by atoms with van der Waals surface area (Å²) in [5, 5.41) is 14.4. The van der Waals surface area contributed by atoms with Gasteiger partial charge in [-0.25, -0.2) is 0 Å². The number of aromatic nitrogens is 4.